The van der Waals surface area contributed by atoms with Crippen molar-refractivity contribution >= 4 is 46.5 Å². The second kappa shape index (κ2) is 8.10. The predicted octanol–water partition coefficient (Wildman–Crippen LogP) is 3.37. The van der Waals surface area contributed by atoms with Crippen LogP contribution in [-0.4, -0.2) is 35.2 Å². The molecule has 0 atom stereocenters. The monoisotopic (exact) mass is 396 g/mol. The highest BCUT2D eigenvalue weighted by atomic mass is 32.2. The van der Waals surface area contributed by atoms with Crippen LogP contribution < -0.4 is 5.32 Å². The maximum absolute atomic E-state index is 12.2. The number of esters is 1. The van der Waals surface area contributed by atoms with Gasteiger partial charge in [-0.3, -0.25) is 4.79 Å². The number of carbonyl (C=O) groups excluding carboxylic acids is 2. The summed E-state index contributed by atoms with van der Waals surface area (Å²) in [5.74, 6) is -1.77. The number of aromatic carboxylic acids is 1. The summed E-state index contributed by atoms with van der Waals surface area (Å²) in [7, 11) is 1.31. The number of ether oxygens (including phenoxy) is 1. The Morgan fingerprint density at radius 2 is 1.82 bits per heavy atom. The van der Waals surface area contributed by atoms with E-state index in [9.17, 15) is 14.4 Å². The maximum Gasteiger partial charge on any atom is 0.337 e. The molecule has 1 saturated heterocycles. The van der Waals surface area contributed by atoms with Crippen LogP contribution in [0.4, 0.5) is 5.69 Å². The first kappa shape index (κ1) is 19.4. The molecule has 0 unspecified atom stereocenters. The summed E-state index contributed by atoms with van der Waals surface area (Å²) in [5, 5.41) is 12.2. The average molecular weight is 396 g/mol. The molecule has 142 valence electrons. The van der Waals surface area contributed by atoms with Gasteiger partial charge >= 0.3 is 11.9 Å². The number of carboxylic acids is 1. The molecular formula is C20H16N2O5S. The van der Waals surface area contributed by atoms with E-state index >= 15 is 0 Å². The van der Waals surface area contributed by atoms with Gasteiger partial charge in [0.2, 0.25) is 0 Å². The lowest BCUT2D eigenvalue weighted by Gasteiger charge is -2.03. The van der Waals surface area contributed by atoms with Crippen LogP contribution in [0.15, 0.2) is 52.4 Å². The number of aryl methyl sites for hydroxylation is 1. The minimum absolute atomic E-state index is 0.126. The number of carboxylic acid groups (broad SMARTS) is 1. The maximum atomic E-state index is 12.2. The van der Waals surface area contributed by atoms with Crippen LogP contribution in [0.3, 0.4) is 0 Å². The fourth-order valence-electron chi connectivity index (χ4n) is 2.44. The van der Waals surface area contributed by atoms with Gasteiger partial charge in [0.25, 0.3) is 5.91 Å². The second-order valence-corrected chi connectivity index (χ2v) is 6.93. The smallest absolute Gasteiger partial charge is 0.337 e. The van der Waals surface area contributed by atoms with Gasteiger partial charge in [0.15, 0.2) is 5.17 Å². The summed E-state index contributed by atoms with van der Waals surface area (Å²) >= 11 is 1.16. The third-order valence-electron chi connectivity index (χ3n) is 3.96. The number of amides is 1. The Morgan fingerprint density at radius 1 is 1.14 bits per heavy atom. The van der Waals surface area contributed by atoms with Crippen molar-refractivity contribution < 1.29 is 24.2 Å². The summed E-state index contributed by atoms with van der Waals surface area (Å²) in [4.78, 5) is 39.6. The van der Waals surface area contributed by atoms with Crippen molar-refractivity contribution in [1.82, 2.24) is 5.32 Å². The van der Waals surface area contributed by atoms with E-state index in [1.54, 1.807) is 36.4 Å². The fourth-order valence-corrected chi connectivity index (χ4v) is 3.27. The third kappa shape index (κ3) is 4.29. The standard InChI is InChI=1S/C20H16N2O5S/c1-11-3-6-14(18(24)25)10-15(11)21-20-22-17(23)16(28-20)9-12-4-7-13(8-5-12)19(26)27-2/h3-10H,1-2H3,(H,24,25)(H,21,22,23). The van der Waals surface area contributed by atoms with Gasteiger partial charge in [-0.15, -0.1) is 0 Å². The van der Waals surface area contributed by atoms with Gasteiger partial charge in [0, 0.05) is 0 Å². The zero-order valence-electron chi connectivity index (χ0n) is 15.1. The summed E-state index contributed by atoms with van der Waals surface area (Å²) in [6.07, 6.45) is 1.68. The van der Waals surface area contributed by atoms with Crippen molar-refractivity contribution in [3.63, 3.8) is 0 Å². The molecule has 2 N–H and O–H groups in total. The summed E-state index contributed by atoms with van der Waals surface area (Å²) in [5.41, 5.74) is 2.56. The zero-order chi connectivity index (χ0) is 20.3. The molecule has 0 spiro atoms. The Kier molecular flexibility index (Phi) is 5.60. The Hall–Kier alpha value is -3.39. The van der Waals surface area contributed by atoms with Crippen LogP contribution >= 0.6 is 11.8 Å². The van der Waals surface area contributed by atoms with Crippen LogP contribution in [0.1, 0.15) is 31.8 Å². The number of rotatable bonds is 4. The van der Waals surface area contributed by atoms with Gasteiger partial charge < -0.3 is 15.2 Å². The Labute approximate surface area is 165 Å². The van der Waals surface area contributed by atoms with Crippen molar-refractivity contribution in [2.24, 2.45) is 4.99 Å². The average Bonchev–Trinajstić information content (AvgIpc) is 3.02. The number of methoxy groups -OCH3 is 1. The highest BCUT2D eigenvalue weighted by Crippen LogP contribution is 2.29. The molecule has 8 heteroatoms. The quantitative estimate of drug-likeness (QED) is 0.606. The van der Waals surface area contributed by atoms with Gasteiger partial charge in [-0.1, -0.05) is 18.2 Å². The molecule has 7 nitrogen and oxygen atoms in total. The number of carbonyl (C=O) groups is 3. The first-order chi connectivity index (χ1) is 13.4. The van der Waals surface area contributed by atoms with Crippen molar-refractivity contribution in [3.8, 4) is 0 Å². The van der Waals surface area contributed by atoms with Gasteiger partial charge in [0.1, 0.15) is 0 Å². The Morgan fingerprint density at radius 3 is 2.46 bits per heavy atom. The number of hydrogen-bond acceptors (Lipinski definition) is 6. The first-order valence-corrected chi connectivity index (χ1v) is 9.01. The Bertz CT molecular complexity index is 1030. The van der Waals surface area contributed by atoms with E-state index in [0.717, 1.165) is 22.9 Å². The topological polar surface area (TPSA) is 105 Å². The number of thioether (sulfide) groups is 1. The third-order valence-corrected chi connectivity index (χ3v) is 4.87. The van der Waals surface area contributed by atoms with Crippen molar-refractivity contribution in [2.45, 2.75) is 6.92 Å². The molecule has 1 fully saturated rings. The van der Waals surface area contributed by atoms with Crippen LogP contribution in [0.2, 0.25) is 0 Å². The normalized spacial score (nSPS) is 16.3. The molecule has 1 amide bonds. The number of nitrogens with zero attached hydrogens (tertiary/aromatic N) is 1. The molecular weight excluding hydrogens is 380 g/mol. The van der Waals surface area contributed by atoms with E-state index in [1.165, 1.54) is 19.2 Å². The largest absolute Gasteiger partial charge is 0.478 e. The van der Waals surface area contributed by atoms with Crippen LogP contribution in [0.5, 0.6) is 0 Å². The second-order valence-electron chi connectivity index (χ2n) is 5.90. The molecule has 0 aliphatic carbocycles. The molecule has 28 heavy (non-hydrogen) atoms. The van der Waals surface area contributed by atoms with Gasteiger partial charge in [-0.2, -0.15) is 0 Å². The minimum atomic E-state index is -1.04. The van der Waals surface area contributed by atoms with Crippen LogP contribution in [0.25, 0.3) is 6.08 Å². The minimum Gasteiger partial charge on any atom is -0.478 e. The van der Waals surface area contributed by atoms with Gasteiger partial charge in [0.05, 0.1) is 28.8 Å². The molecule has 1 aliphatic rings. The van der Waals surface area contributed by atoms with E-state index in [0.29, 0.717) is 21.3 Å². The molecule has 0 saturated carbocycles. The molecule has 3 rings (SSSR count). The molecule has 0 radical (unpaired) electrons. The summed E-state index contributed by atoms with van der Waals surface area (Å²) in [6.45, 7) is 1.81. The SMILES string of the molecule is COC(=O)c1ccc(C=C2SC(=Nc3cc(C(=O)O)ccc3C)NC2=O)cc1. The molecule has 1 aliphatic heterocycles. The van der Waals surface area contributed by atoms with Crippen molar-refractivity contribution in [2.75, 3.05) is 7.11 Å². The van der Waals surface area contributed by atoms with Gasteiger partial charge in [-0.05, 0) is 60.2 Å². The molecule has 0 aromatic heterocycles. The molecule has 0 bridgehead atoms. The van der Waals surface area contributed by atoms with Crippen LogP contribution in [-0.2, 0) is 9.53 Å². The van der Waals surface area contributed by atoms with Crippen molar-refractivity contribution in [3.05, 3.63) is 69.6 Å². The number of nitrogens with one attached hydrogen (secondary N) is 1. The van der Waals surface area contributed by atoms with E-state index in [-0.39, 0.29) is 11.5 Å². The number of hydrogen-bond donors (Lipinski definition) is 2. The van der Waals surface area contributed by atoms with E-state index in [1.807, 2.05) is 6.92 Å². The molecule has 2 aromatic carbocycles. The zero-order valence-corrected chi connectivity index (χ0v) is 15.9. The molecule has 2 aromatic rings. The lowest BCUT2D eigenvalue weighted by molar-refractivity contribution is -0.115. The van der Waals surface area contributed by atoms with Crippen molar-refractivity contribution in [1.29, 1.82) is 0 Å². The fraction of sp³-hybridized carbons (Fsp3) is 0.100. The summed E-state index contributed by atoms with van der Waals surface area (Å²) < 4.78 is 4.66. The lowest BCUT2D eigenvalue weighted by Crippen LogP contribution is -2.19. The van der Waals surface area contributed by atoms with E-state index in [2.05, 4.69) is 15.0 Å². The lowest BCUT2D eigenvalue weighted by atomic mass is 10.1. The number of aliphatic imine (C=N–C) groups is 1. The summed E-state index contributed by atoms with van der Waals surface area (Å²) in [6, 6.07) is 11.3. The number of amidine groups is 1. The Balaban J connectivity index is 1.83. The van der Waals surface area contributed by atoms with E-state index in [4.69, 9.17) is 5.11 Å². The van der Waals surface area contributed by atoms with Crippen LogP contribution in [0, 0.1) is 6.92 Å². The highest BCUT2D eigenvalue weighted by Gasteiger charge is 2.24. The molecule has 1 heterocycles. The first-order valence-electron chi connectivity index (χ1n) is 8.19. The predicted molar refractivity (Wildman–Crippen MR) is 107 cm³/mol. The van der Waals surface area contributed by atoms with Gasteiger partial charge in [-0.25, -0.2) is 14.6 Å². The van der Waals surface area contributed by atoms with E-state index < -0.39 is 11.9 Å². The highest BCUT2D eigenvalue weighted by molar-refractivity contribution is 8.18. The number of benzene rings is 2.